The Balaban J connectivity index is 0.00000200. The molecule has 1 aliphatic carbocycles. The van der Waals surface area contributed by atoms with Crippen LogP contribution in [0.2, 0.25) is 5.02 Å². The molecule has 20 heavy (non-hydrogen) atoms. The molecule has 0 radical (unpaired) electrons. The molecule has 2 atom stereocenters. The zero-order chi connectivity index (χ0) is 13.7. The van der Waals surface area contributed by atoms with Gasteiger partial charge in [-0.25, -0.2) is 0 Å². The van der Waals surface area contributed by atoms with Crippen molar-refractivity contribution in [1.29, 1.82) is 0 Å². The van der Waals surface area contributed by atoms with Crippen molar-refractivity contribution in [3.8, 4) is 0 Å². The molecule has 0 bridgehead atoms. The van der Waals surface area contributed by atoms with E-state index < -0.39 is 0 Å². The summed E-state index contributed by atoms with van der Waals surface area (Å²) in [6, 6.07) is 7.94. The van der Waals surface area contributed by atoms with Gasteiger partial charge in [0, 0.05) is 34.2 Å². The summed E-state index contributed by atoms with van der Waals surface area (Å²) in [4.78, 5) is 13.0. The highest BCUT2D eigenvalue weighted by Gasteiger charge is 2.27. The summed E-state index contributed by atoms with van der Waals surface area (Å²) >= 11 is 7.54. The van der Waals surface area contributed by atoms with Gasteiger partial charge in [-0.15, -0.1) is 24.2 Å². The van der Waals surface area contributed by atoms with Crippen LogP contribution in [0.25, 0.3) is 0 Å². The van der Waals surface area contributed by atoms with E-state index >= 15 is 0 Å². The summed E-state index contributed by atoms with van der Waals surface area (Å²) in [6.45, 7) is 0.692. The van der Waals surface area contributed by atoms with E-state index in [-0.39, 0.29) is 30.3 Å². The maximum absolute atomic E-state index is 11.9. The van der Waals surface area contributed by atoms with Gasteiger partial charge in [0.05, 0.1) is 0 Å². The first-order valence-electron chi connectivity index (χ1n) is 6.57. The van der Waals surface area contributed by atoms with Gasteiger partial charge in [-0.3, -0.25) is 4.79 Å². The number of halogens is 2. The molecule has 2 rings (SSSR count). The van der Waals surface area contributed by atoms with Crippen molar-refractivity contribution in [3.63, 3.8) is 0 Å². The van der Waals surface area contributed by atoms with Crippen LogP contribution in [0.3, 0.4) is 0 Å². The highest BCUT2D eigenvalue weighted by Crippen LogP contribution is 2.24. The lowest BCUT2D eigenvalue weighted by Gasteiger charge is -2.10. The van der Waals surface area contributed by atoms with Crippen molar-refractivity contribution in [2.45, 2.75) is 30.2 Å². The molecule has 0 aromatic heterocycles. The van der Waals surface area contributed by atoms with E-state index in [1.54, 1.807) is 11.8 Å². The standard InChI is InChI=1S/C14H19ClN2OS.ClH/c15-11-2-5-13(6-3-11)19-8-7-17-14(18)10-1-4-12(16)9-10;/h2-3,5-6,10,12H,1,4,7-9,16H2,(H,17,18);1H. The predicted molar refractivity (Wildman–Crippen MR) is 87.8 cm³/mol. The Labute approximate surface area is 135 Å². The first-order chi connectivity index (χ1) is 9.15. The van der Waals surface area contributed by atoms with Gasteiger partial charge in [-0.05, 0) is 43.5 Å². The molecule has 2 unspecified atom stereocenters. The quantitative estimate of drug-likeness (QED) is 0.642. The molecule has 3 nitrogen and oxygen atoms in total. The first-order valence-corrected chi connectivity index (χ1v) is 7.93. The Kier molecular flexibility index (Phi) is 7.74. The zero-order valence-corrected chi connectivity index (χ0v) is 13.6. The average molecular weight is 335 g/mol. The second-order valence-electron chi connectivity index (χ2n) is 4.86. The smallest absolute Gasteiger partial charge is 0.223 e. The van der Waals surface area contributed by atoms with Crippen LogP contribution in [-0.4, -0.2) is 24.2 Å². The van der Waals surface area contributed by atoms with E-state index in [2.05, 4.69) is 5.32 Å². The second kappa shape index (κ2) is 8.78. The van der Waals surface area contributed by atoms with Crippen LogP contribution in [0, 0.1) is 5.92 Å². The third-order valence-corrected chi connectivity index (χ3v) is 4.59. The van der Waals surface area contributed by atoms with Gasteiger partial charge in [0.25, 0.3) is 0 Å². The Morgan fingerprint density at radius 3 is 2.65 bits per heavy atom. The molecule has 1 aliphatic rings. The molecule has 3 N–H and O–H groups in total. The minimum Gasteiger partial charge on any atom is -0.355 e. The van der Waals surface area contributed by atoms with Gasteiger partial charge in [-0.1, -0.05) is 11.6 Å². The summed E-state index contributed by atoms with van der Waals surface area (Å²) in [5.41, 5.74) is 5.81. The fourth-order valence-corrected chi connectivity index (χ4v) is 3.17. The summed E-state index contributed by atoms with van der Waals surface area (Å²) in [5, 5.41) is 3.73. The number of nitrogens with one attached hydrogen (secondary N) is 1. The molecule has 1 aromatic rings. The molecular formula is C14H20Cl2N2OS. The molecule has 1 fully saturated rings. The van der Waals surface area contributed by atoms with Crippen LogP contribution in [0.4, 0.5) is 0 Å². The Hall–Kier alpha value is -0.420. The molecule has 0 aliphatic heterocycles. The molecule has 1 aromatic carbocycles. The van der Waals surface area contributed by atoms with E-state index in [4.69, 9.17) is 17.3 Å². The van der Waals surface area contributed by atoms with Crippen LogP contribution in [-0.2, 0) is 4.79 Å². The fourth-order valence-electron chi connectivity index (χ4n) is 2.27. The largest absolute Gasteiger partial charge is 0.355 e. The zero-order valence-electron chi connectivity index (χ0n) is 11.2. The van der Waals surface area contributed by atoms with Crippen LogP contribution >= 0.6 is 35.8 Å². The van der Waals surface area contributed by atoms with Crippen LogP contribution in [0.5, 0.6) is 0 Å². The molecule has 1 saturated carbocycles. The number of benzene rings is 1. The van der Waals surface area contributed by atoms with Gasteiger partial charge in [0.2, 0.25) is 5.91 Å². The van der Waals surface area contributed by atoms with Crippen LogP contribution in [0.15, 0.2) is 29.2 Å². The number of hydrogen-bond acceptors (Lipinski definition) is 3. The Bertz CT molecular complexity index is 428. The predicted octanol–water partition coefficient (Wildman–Crippen LogP) is 3.10. The number of carbonyl (C=O) groups excluding carboxylic acids is 1. The molecule has 0 heterocycles. The minimum atomic E-state index is 0. The average Bonchev–Trinajstić information content (AvgIpc) is 2.83. The number of hydrogen-bond donors (Lipinski definition) is 2. The van der Waals surface area contributed by atoms with Crippen LogP contribution < -0.4 is 11.1 Å². The molecule has 1 amide bonds. The molecule has 0 spiro atoms. The van der Waals surface area contributed by atoms with Crippen molar-refractivity contribution >= 4 is 41.7 Å². The van der Waals surface area contributed by atoms with E-state index in [1.165, 1.54) is 4.90 Å². The van der Waals surface area contributed by atoms with E-state index in [1.807, 2.05) is 24.3 Å². The van der Waals surface area contributed by atoms with Gasteiger partial charge >= 0.3 is 0 Å². The summed E-state index contributed by atoms with van der Waals surface area (Å²) in [5.74, 6) is 1.15. The summed E-state index contributed by atoms with van der Waals surface area (Å²) < 4.78 is 0. The number of thioether (sulfide) groups is 1. The van der Waals surface area contributed by atoms with Gasteiger partial charge < -0.3 is 11.1 Å². The highest BCUT2D eigenvalue weighted by atomic mass is 35.5. The molecule has 0 saturated heterocycles. The fraction of sp³-hybridized carbons (Fsp3) is 0.500. The second-order valence-corrected chi connectivity index (χ2v) is 6.47. The van der Waals surface area contributed by atoms with Crippen molar-refractivity contribution in [1.82, 2.24) is 5.32 Å². The molecule has 112 valence electrons. The summed E-state index contributed by atoms with van der Waals surface area (Å²) in [6.07, 6.45) is 2.73. The van der Waals surface area contributed by atoms with E-state index in [9.17, 15) is 4.79 Å². The Morgan fingerprint density at radius 2 is 2.05 bits per heavy atom. The maximum Gasteiger partial charge on any atom is 0.223 e. The third kappa shape index (κ3) is 5.52. The first kappa shape index (κ1) is 17.6. The minimum absolute atomic E-state index is 0. The van der Waals surface area contributed by atoms with Gasteiger partial charge in [-0.2, -0.15) is 0 Å². The van der Waals surface area contributed by atoms with Crippen molar-refractivity contribution in [3.05, 3.63) is 29.3 Å². The lowest BCUT2D eigenvalue weighted by molar-refractivity contribution is -0.124. The third-order valence-electron chi connectivity index (χ3n) is 3.33. The van der Waals surface area contributed by atoms with Gasteiger partial charge in [0.1, 0.15) is 0 Å². The van der Waals surface area contributed by atoms with Crippen molar-refractivity contribution in [2.75, 3.05) is 12.3 Å². The topological polar surface area (TPSA) is 55.1 Å². The molecule has 6 heteroatoms. The van der Waals surface area contributed by atoms with E-state index in [0.717, 1.165) is 30.0 Å². The maximum atomic E-state index is 11.9. The van der Waals surface area contributed by atoms with Gasteiger partial charge in [0.15, 0.2) is 0 Å². The monoisotopic (exact) mass is 334 g/mol. The van der Waals surface area contributed by atoms with Crippen molar-refractivity contribution < 1.29 is 4.79 Å². The number of carbonyl (C=O) groups is 1. The molecular weight excluding hydrogens is 315 g/mol. The SMILES string of the molecule is Cl.NC1CCC(C(=O)NCCSc2ccc(Cl)cc2)C1. The van der Waals surface area contributed by atoms with E-state index in [0.29, 0.717) is 6.54 Å². The number of nitrogens with two attached hydrogens (primary N) is 1. The lowest BCUT2D eigenvalue weighted by Crippen LogP contribution is -2.31. The summed E-state index contributed by atoms with van der Waals surface area (Å²) in [7, 11) is 0. The number of amides is 1. The van der Waals surface area contributed by atoms with Crippen molar-refractivity contribution in [2.24, 2.45) is 11.7 Å². The van der Waals surface area contributed by atoms with Crippen LogP contribution in [0.1, 0.15) is 19.3 Å². The lowest BCUT2D eigenvalue weighted by atomic mass is 10.1. The highest BCUT2D eigenvalue weighted by molar-refractivity contribution is 7.99. The normalized spacial score (nSPS) is 21.3. The Morgan fingerprint density at radius 1 is 1.35 bits per heavy atom. The number of rotatable bonds is 5.